The third-order valence-electron chi connectivity index (χ3n) is 3.89. The van der Waals surface area contributed by atoms with E-state index in [4.69, 9.17) is 0 Å². The van der Waals surface area contributed by atoms with E-state index in [0.29, 0.717) is 16.6 Å². The van der Waals surface area contributed by atoms with E-state index in [1.54, 1.807) is 0 Å². The molecule has 1 aliphatic heterocycles. The number of hydrogen-bond acceptors (Lipinski definition) is 4. The summed E-state index contributed by atoms with van der Waals surface area (Å²) < 4.78 is 0.435. The number of halogens is 2. The Morgan fingerprint density at radius 2 is 2.09 bits per heavy atom. The van der Waals surface area contributed by atoms with Crippen LogP contribution in [0.5, 0.6) is 0 Å². The van der Waals surface area contributed by atoms with Crippen LogP contribution < -0.4 is 10.6 Å². The van der Waals surface area contributed by atoms with Crippen LogP contribution in [0.25, 0.3) is 0 Å². The molecule has 122 valence electrons. The van der Waals surface area contributed by atoms with Crippen molar-refractivity contribution in [3.05, 3.63) is 38.3 Å². The zero-order valence-corrected chi connectivity index (χ0v) is 14.6. The lowest BCUT2D eigenvalue weighted by atomic mass is 9.81. The predicted octanol–water partition coefficient (Wildman–Crippen LogP) is 2.90. The summed E-state index contributed by atoms with van der Waals surface area (Å²) in [6.07, 6.45) is 2.05. The molecule has 1 saturated heterocycles. The van der Waals surface area contributed by atoms with Gasteiger partial charge < -0.3 is 10.6 Å². The molecular formula is C14H19BrClN3O3. The minimum atomic E-state index is -0.484. The minimum Gasteiger partial charge on any atom is -0.351 e. The number of amides is 1. The van der Waals surface area contributed by atoms with Crippen LogP contribution in [0, 0.1) is 15.5 Å². The smallest absolute Gasteiger partial charge is 0.270 e. The molecule has 0 radical (unpaired) electrons. The number of nitro benzene ring substituents is 1. The van der Waals surface area contributed by atoms with Gasteiger partial charge in [0, 0.05) is 23.2 Å². The monoisotopic (exact) mass is 391 g/mol. The molecule has 1 fully saturated rings. The second-order valence-electron chi connectivity index (χ2n) is 5.66. The van der Waals surface area contributed by atoms with E-state index >= 15 is 0 Å². The minimum absolute atomic E-state index is 0. The molecule has 1 aromatic rings. The fourth-order valence-corrected chi connectivity index (χ4v) is 2.94. The summed E-state index contributed by atoms with van der Waals surface area (Å²) in [7, 11) is 0. The summed E-state index contributed by atoms with van der Waals surface area (Å²) >= 11 is 3.22. The molecule has 0 unspecified atom stereocenters. The maximum Gasteiger partial charge on any atom is 0.270 e. The number of benzene rings is 1. The fraction of sp³-hybridized carbons (Fsp3) is 0.500. The number of carbonyl (C=O) groups excluding carboxylic acids is 1. The molecule has 2 rings (SSSR count). The molecule has 1 amide bonds. The molecule has 2 N–H and O–H groups in total. The number of nitro groups is 1. The molecule has 1 aromatic carbocycles. The van der Waals surface area contributed by atoms with Crippen molar-refractivity contribution in [2.75, 3.05) is 19.6 Å². The summed E-state index contributed by atoms with van der Waals surface area (Å²) in [5.74, 6) is -0.212. The van der Waals surface area contributed by atoms with Crippen molar-refractivity contribution in [1.82, 2.24) is 10.6 Å². The standard InChI is InChI=1S/C14H18BrN3O3.ClH/c1-14(4-6-16-7-5-14)9-17-13(19)11-3-2-10(18(20)21)8-12(11)15;/h2-3,8,16H,4-7,9H2,1H3,(H,17,19);1H. The first-order chi connectivity index (χ1) is 9.91. The summed E-state index contributed by atoms with van der Waals surface area (Å²) in [6.45, 7) is 4.71. The van der Waals surface area contributed by atoms with Crippen molar-refractivity contribution in [1.29, 1.82) is 0 Å². The van der Waals surface area contributed by atoms with Crippen LogP contribution in [0.2, 0.25) is 0 Å². The van der Waals surface area contributed by atoms with Gasteiger partial charge in [0.15, 0.2) is 0 Å². The van der Waals surface area contributed by atoms with Crippen LogP contribution in [-0.4, -0.2) is 30.5 Å². The molecule has 1 aliphatic rings. The zero-order chi connectivity index (χ0) is 15.5. The van der Waals surface area contributed by atoms with Gasteiger partial charge >= 0.3 is 0 Å². The van der Waals surface area contributed by atoms with Crippen LogP contribution in [0.3, 0.4) is 0 Å². The Kier molecular flexibility index (Phi) is 6.77. The molecule has 0 atom stereocenters. The largest absolute Gasteiger partial charge is 0.351 e. The Labute approximate surface area is 143 Å². The predicted molar refractivity (Wildman–Crippen MR) is 90.6 cm³/mol. The summed E-state index contributed by atoms with van der Waals surface area (Å²) in [6, 6.07) is 4.16. The topological polar surface area (TPSA) is 84.3 Å². The first-order valence-corrected chi connectivity index (χ1v) is 7.63. The van der Waals surface area contributed by atoms with Gasteiger partial charge in [0.25, 0.3) is 11.6 Å². The quantitative estimate of drug-likeness (QED) is 0.609. The number of carbonyl (C=O) groups is 1. The number of nitrogens with one attached hydrogen (secondary N) is 2. The first-order valence-electron chi connectivity index (χ1n) is 6.84. The highest BCUT2D eigenvalue weighted by molar-refractivity contribution is 9.10. The van der Waals surface area contributed by atoms with Crippen LogP contribution in [0.4, 0.5) is 5.69 Å². The average Bonchev–Trinajstić information content (AvgIpc) is 2.45. The van der Waals surface area contributed by atoms with Gasteiger partial charge in [-0.1, -0.05) is 6.92 Å². The normalized spacial score (nSPS) is 16.5. The molecule has 22 heavy (non-hydrogen) atoms. The van der Waals surface area contributed by atoms with Crippen molar-refractivity contribution < 1.29 is 9.72 Å². The van der Waals surface area contributed by atoms with Crippen molar-refractivity contribution in [3.8, 4) is 0 Å². The van der Waals surface area contributed by atoms with Gasteiger partial charge in [-0.25, -0.2) is 0 Å². The Bertz CT molecular complexity index is 562. The van der Waals surface area contributed by atoms with Crippen LogP contribution in [0.1, 0.15) is 30.1 Å². The summed E-state index contributed by atoms with van der Waals surface area (Å²) in [5, 5.41) is 16.9. The first kappa shape index (κ1) is 18.9. The lowest BCUT2D eigenvalue weighted by molar-refractivity contribution is -0.384. The summed E-state index contributed by atoms with van der Waals surface area (Å²) in [5.41, 5.74) is 0.482. The zero-order valence-electron chi connectivity index (χ0n) is 12.2. The van der Waals surface area contributed by atoms with Gasteiger partial charge in [-0.3, -0.25) is 14.9 Å². The van der Waals surface area contributed by atoms with E-state index < -0.39 is 4.92 Å². The van der Waals surface area contributed by atoms with Gasteiger partial charge in [0.1, 0.15) is 0 Å². The number of rotatable bonds is 4. The number of hydrogen-bond donors (Lipinski definition) is 2. The van der Waals surface area contributed by atoms with Crippen LogP contribution in [-0.2, 0) is 0 Å². The van der Waals surface area contributed by atoms with Crippen molar-refractivity contribution in [2.45, 2.75) is 19.8 Å². The molecule has 0 bridgehead atoms. The molecule has 1 heterocycles. The number of nitrogens with zero attached hydrogens (tertiary/aromatic N) is 1. The fourth-order valence-electron chi connectivity index (χ4n) is 2.40. The van der Waals surface area contributed by atoms with E-state index in [1.165, 1.54) is 18.2 Å². The van der Waals surface area contributed by atoms with E-state index in [9.17, 15) is 14.9 Å². The van der Waals surface area contributed by atoms with Crippen molar-refractivity contribution in [2.24, 2.45) is 5.41 Å². The maximum atomic E-state index is 12.2. The maximum absolute atomic E-state index is 12.2. The Morgan fingerprint density at radius 3 is 2.64 bits per heavy atom. The van der Waals surface area contributed by atoms with E-state index in [0.717, 1.165) is 25.9 Å². The Balaban J connectivity index is 0.00000242. The number of piperidine rings is 1. The van der Waals surface area contributed by atoms with E-state index in [1.807, 2.05) is 0 Å². The SMILES string of the molecule is CC1(CNC(=O)c2ccc([N+](=O)[O-])cc2Br)CCNCC1.Cl. The molecule has 0 spiro atoms. The van der Waals surface area contributed by atoms with Gasteiger partial charge in [0.05, 0.1) is 10.5 Å². The Hall–Kier alpha value is -1.18. The van der Waals surface area contributed by atoms with E-state index in [2.05, 4.69) is 33.5 Å². The van der Waals surface area contributed by atoms with Gasteiger partial charge in [-0.2, -0.15) is 0 Å². The van der Waals surface area contributed by atoms with Gasteiger partial charge in [-0.15, -0.1) is 12.4 Å². The van der Waals surface area contributed by atoms with Gasteiger partial charge in [0.2, 0.25) is 0 Å². The third-order valence-corrected chi connectivity index (χ3v) is 4.55. The lowest BCUT2D eigenvalue weighted by Gasteiger charge is -2.34. The molecule has 0 aliphatic carbocycles. The molecular weight excluding hydrogens is 374 g/mol. The second-order valence-corrected chi connectivity index (χ2v) is 6.52. The van der Waals surface area contributed by atoms with E-state index in [-0.39, 0.29) is 29.4 Å². The number of non-ortho nitro benzene ring substituents is 1. The highest BCUT2D eigenvalue weighted by Gasteiger charge is 2.27. The Morgan fingerprint density at radius 1 is 1.45 bits per heavy atom. The third kappa shape index (κ3) is 4.66. The van der Waals surface area contributed by atoms with Crippen molar-refractivity contribution >= 4 is 39.9 Å². The van der Waals surface area contributed by atoms with Gasteiger partial charge in [-0.05, 0) is 53.3 Å². The molecule has 6 nitrogen and oxygen atoms in total. The van der Waals surface area contributed by atoms with Crippen LogP contribution in [0.15, 0.2) is 22.7 Å². The average molecular weight is 393 g/mol. The van der Waals surface area contributed by atoms with Crippen LogP contribution >= 0.6 is 28.3 Å². The molecule has 0 saturated carbocycles. The second kappa shape index (κ2) is 7.89. The lowest BCUT2D eigenvalue weighted by Crippen LogP contribution is -2.42. The highest BCUT2D eigenvalue weighted by atomic mass is 79.9. The molecule has 0 aromatic heterocycles. The highest BCUT2D eigenvalue weighted by Crippen LogP contribution is 2.27. The molecule has 8 heteroatoms. The summed E-state index contributed by atoms with van der Waals surface area (Å²) in [4.78, 5) is 22.4. The van der Waals surface area contributed by atoms with Crippen molar-refractivity contribution in [3.63, 3.8) is 0 Å².